The molecule has 9 heteroatoms. The lowest BCUT2D eigenvalue weighted by Crippen LogP contribution is -2.28. The topological polar surface area (TPSA) is 97.3 Å². The van der Waals surface area contributed by atoms with E-state index in [4.69, 9.17) is 4.74 Å². The molecule has 0 aliphatic carbocycles. The molecular weight excluding hydrogens is 366 g/mol. The van der Waals surface area contributed by atoms with Crippen LogP contribution in [0, 0.1) is 0 Å². The number of hydrogen-bond acceptors (Lipinski definition) is 7. The molecule has 2 amide bonds. The van der Waals surface area contributed by atoms with E-state index in [1.807, 2.05) is 18.2 Å². The minimum absolute atomic E-state index is 0.153. The quantitative estimate of drug-likeness (QED) is 0.702. The highest BCUT2D eigenvalue weighted by Crippen LogP contribution is 2.26. The molecule has 8 nitrogen and oxygen atoms in total. The number of likely N-dealkylation sites (N-methyl/N-ethyl adjacent to an activating group) is 1. The number of rotatable bonds is 6. The molecule has 0 fully saturated rings. The Labute approximate surface area is 159 Å². The summed E-state index contributed by atoms with van der Waals surface area (Å²) in [4.78, 5) is 29.9. The molecule has 1 aromatic carbocycles. The molecule has 2 aromatic heterocycles. The fourth-order valence-electron chi connectivity index (χ4n) is 2.08. The number of benzene rings is 1. The van der Waals surface area contributed by atoms with Crippen molar-refractivity contribution in [1.29, 1.82) is 0 Å². The van der Waals surface area contributed by atoms with Crippen molar-refractivity contribution < 1.29 is 14.3 Å². The summed E-state index contributed by atoms with van der Waals surface area (Å²) in [5, 5.41) is 11.7. The molecule has 3 rings (SSSR count). The van der Waals surface area contributed by atoms with Gasteiger partial charge in [-0.25, -0.2) is 0 Å². The number of carbonyl (C=O) groups is 2. The number of pyridine rings is 1. The van der Waals surface area contributed by atoms with Crippen LogP contribution in [0.4, 0.5) is 5.13 Å². The van der Waals surface area contributed by atoms with E-state index in [1.54, 1.807) is 44.6 Å². The van der Waals surface area contributed by atoms with E-state index in [9.17, 15) is 9.59 Å². The third kappa shape index (κ3) is 4.64. The number of aromatic nitrogens is 3. The third-order valence-corrected chi connectivity index (χ3v) is 4.37. The summed E-state index contributed by atoms with van der Waals surface area (Å²) < 4.78 is 5.50. The molecule has 27 heavy (non-hydrogen) atoms. The Bertz CT molecular complexity index is 943. The molecule has 0 aliphatic rings. The Morgan fingerprint density at radius 3 is 2.63 bits per heavy atom. The second-order valence-electron chi connectivity index (χ2n) is 5.65. The number of hydrogen-bond donors (Lipinski definition) is 1. The molecule has 0 bridgehead atoms. The van der Waals surface area contributed by atoms with Crippen LogP contribution in [0.5, 0.6) is 5.75 Å². The smallest absolute Gasteiger partial charge is 0.261 e. The van der Waals surface area contributed by atoms with E-state index in [0.717, 1.165) is 0 Å². The van der Waals surface area contributed by atoms with E-state index >= 15 is 0 Å². The Hall–Kier alpha value is -3.33. The van der Waals surface area contributed by atoms with Crippen LogP contribution in [-0.4, -0.2) is 52.6 Å². The first-order chi connectivity index (χ1) is 13.0. The normalized spacial score (nSPS) is 10.3. The summed E-state index contributed by atoms with van der Waals surface area (Å²) in [7, 11) is 3.28. The summed E-state index contributed by atoms with van der Waals surface area (Å²) in [5.74, 6) is -0.277. The average Bonchev–Trinajstić information content (AvgIpc) is 3.15. The van der Waals surface area contributed by atoms with Crippen molar-refractivity contribution in [2.45, 2.75) is 0 Å². The summed E-state index contributed by atoms with van der Waals surface area (Å²) in [6.07, 6.45) is 1.66. The van der Waals surface area contributed by atoms with E-state index < -0.39 is 5.91 Å². The molecule has 0 spiro atoms. The van der Waals surface area contributed by atoms with E-state index in [-0.39, 0.29) is 12.5 Å². The van der Waals surface area contributed by atoms with Gasteiger partial charge in [0.25, 0.3) is 11.8 Å². The lowest BCUT2D eigenvalue weighted by molar-refractivity contribution is -0.130. The summed E-state index contributed by atoms with van der Waals surface area (Å²) in [6.45, 7) is -0.153. The zero-order valence-electron chi connectivity index (χ0n) is 14.7. The Balaban J connectivity index is 1.72. The zero-order chi connectivity index (χ0) is 19.2. The molecule has 1 N–H and O–H groups in total. The van der Waals surface area contributed by atoms with E-state index in [1.165, 1.54) is 16.2 Å². The van der Waals surface area contributed by atoms with Crippen molar-refractivity contribution in [2.24, 2.45) is 0 Å². The van der Waals surface area contributed by atoms with Crippen LogP contribution in [0.1, 0.15) is 10.4 Å². The van der Waals surface area contributed by atoms with Crippen molar-refractivity contribution >= 4 is 28.3 Å². The first kappa shape index (κ1) is 18.5. The van der Waals surface area contributed by atoms with Crippen molar-refractivity contribution in [3.05, 3.63) is 54.2 Å². The molecule has 0 saturated heterocycles. The molecule has 0 atom stereocenters. The summed E-state index contributed by atoms with van der Waals surface area (Å²) in [6, 6.07) is 12.2. The first-order valence-electron chi connectivity index (χ1n) is 8.03. The highest BCUT2D eigenvalue weighted by atomic mass is 32.1. The highest BCUT2D eigenvalue weighted by molar-refractivity contribution is 7.18. The average molecular weight is 383 g/mol. The minimum Gasteiger partial charge on any atom is -0.483 e. The fourth-order valence-corrected chi connectivity index (χ4v) is 2.80. The van der Waals surface area contributed by atoms with Crippen LogP contribution in [-0.2, 0) is 4.79 Å². The van der Waals surface area contributed by atoms with Gasteiger partial charge < -0.3 is 9.64 Å². The summed E-state index contributed by atoms with van der Waals surface area (Å²) in [5.41, 5.74) is 0.986. The maximum absolute atomic E-state index is 12.6. The van der Waals surface area contributed by atoms with Crippen LogP contribution in [0.15, 0.2) is 48.7 Å². The molecule has 0 radical (unpaired) electrons. The zero-order valence-corrected chi connectivity index (χ0v) is 15.6. The van der Waals surface area contributed by atoms with Crippen molar-refractivity contribution in [3.63, 3.8) is 0 Å². The van der Waals surface area contributed by atoms with E-state index in [2.05, 4.69) is 20.5 Å². The molecule has 138 valence electrons. The Kier molecular flexibility index (Phi) is 5.72. The lowest BCUT2D eigenvalue weighted by atomic mass is 10.2. The Morgan fingerprint density at radius 1 is 1.11 bits per heavy atom. The van der Waals surface area contributed by atoms with Crippen LogP contribution < -0.4 is 10.1 Å². The monoisotopic (exact) mass is 383 g/mol. The standard InChI is InChI=1S/C18H17N5O3S/c1-23(2)15(24)11-26-14-9-4-3-7-12(14)16(25)20-18-22-21-17(27-18)13-8-5-6-10-19-13/h3-10H,11H2,1-2H3,(H,20,22,25). The van der Waals surface area contributed by atoms with Crippen LogP contribution in [0.25, 0.3) is 10.7 Å². The van der Waals surface area contributed by atoms with Gasteiger partial charge in [-0.15, -0.1) is 10.2 Å². The van der Waals surface area contributed by atoms with Gasteiger partial charge >= 0.3 is 0 Å². The van der Waals surface area contributed by atoms with E-state index in [0.29, 0.717) is 27.1 Å². The SMILES string of the molecule is CN(C)C(=O)COc1ccccc1C(=O)Nc1nnc(-c2ccccn2)s1. The van der Waals surface area contributed by atoms with Gasteiger partial charge in [0, 0.05) is 20.3 Å². The predicted molar refractivity (Wildman–Crippen MR) is 102 cm³/mol. The van der Waals surface area contributed by atoms with Gasteiger partial charge in [0.15, 0.2) is 11.6 Å². The van der Waals surface area contributed by atoms with Crippen molar-refractivity contribution in [1.82, 2.24) is 20.1 Å². The van der Waals surface area contributed by atoms with Gasteiger partial charge in [0.2, 0.25) is 5.13 Å². The van der Waals surface area contributed by atoms with Crippen molar-refractivity contribution in [2.75, 3.05) is 26.0 Å². The molecular formula is C18H17N5O3S. The maximum atomic E-state index is 12.6. The van der Waals surface area contributed by atoms with Gasteiger partial charge in [-0.1, -0.05) is 29.5 Å². The number of carbonyl (C=O) groups excluding carboxylic acids is 2. The maximum Gasteiger partial charge on any atom is 0.261 e. The first-order valence-corrected chi connectivity index (χ1v) is 8.84. The van der Waals surface area contributed by atoms with Crippen LogP contribution >= 0.6 is 11.3 Å². The number of nitrogens with zero attached hydrogens (tertiary/aromatic N) is 4. The third-order valence-electron chi connectivity index (χ3n) is 3.51. The Morgan fingerprint density at radius 2 is 1.89 bits per heavy atom. The van der Waals surface area contributed by atoms with Crippen LogP contribution in [0.3, 0.4) is 0 Å². The molecule has 0 saturated carbocycles. The largest absolute Gasteiger partial charge is 0.483 e. The number of nitrogens with one attached hydrogen (secondary N) is 1. The van der Waals surface area contributed by atoms with Gasteiger partial charge in [-0.2, -0.15) is 0 Å². The molecule has 2 heterocycles. The molecule has 3 aromatic rings. The summed E-state index contributed by atoms with van der Waals surface area (Å²) >= 11 is 1.22. The van der Waals surface area contributed by atoms with Gasteiger partial charge in [-0.05, 0) is 24.3 Å². The minimum atomic E-state index is -0.397. The lowest BCUT2D eigenvalue weighted by Gasteiger charge is -2.13. The second-order valence-corrected chi connectivity index (χ2v) is 6.63. The number of amides is 2. The highest BCUT2D eigenvalue weighted by Gasteiger charge is 2.16. The van der Waals surface area contributed by atoms with Crippen LogP contribution in [0.2, 0.25) is 0 Å². The van der Waals surface area contributed by atoms with Gasteiger partial charge in [-0.3, -0.25) is 19.9 Å². The van der Waals surface area contributed by atoms with Crippen molar-refractivity contribution in [3.8, 4) is 16.5 Å². The molecule has 0 aliphatic heterocycles. The van der Waals surface area contributed by atoms with Gasteiger partial charge in [0.05, 0.1) is 5.56 Å². The number of anilines is 1. The fraction of sp³-hybridized carbons (Fsp3) is 0.167. The number of ether oxygens (including phenoxy) is 1. The molecule has 0 unspecified atom stereocenters. The number of para-hydroxylation sites is 1. The predicted octanol–water partition coefficient (Wildman–Crippen LogP) is 2.32. The van der Waals surface area contributed by atoms with Gasteiger partial charge in [0.1, 0.15) is 11.4 Å². The second kappa shape index (κ2) is 8.37.